The Morgan fingerprint density at radius 1 is 1.11 bits per heavy atom. The van der Waals surface area contributed by atoms with E-state index < -0.39 is 0 Å². The van der Waals surface area contributed by atoms with Gasteiger partial charge in [-0.05, 0) is 55.3 Å². The lowest BCUT2D eigenvalue weighted by Gasteiger charge is -2.13. The quantitative estimate of drug-likeness (QED) is 0.669. The molecule has 0 spiro atoms. The highest BCUT2D eigenvalue weighted by atomic mass is 35.5. The van der Waals surface area contributed by atoms with Crippen LogP contribution in [0, 0.1) is 6.92 Å². The van der Waals surface area contributed by atoms with Crippen molar-refractivity contribution in [1.82, 2.24) is 4.90 Å². The molecule has 0 radical (unpaired) electrons. The molecule has 2 amide bonds. The van der Waals surface area contributed by atoms with E-state index in [4.69, 9.17) is 27.9 Å². The summed E-state index contributed by atoms with van der Waals surface area (Å²) in [5.41, 5.74) is 1.90. The summed E-state index contributed by atoms with van der Waals surface area (Å²) in [6, 6.07) is 10.3. The Morgan fingerprint density at radius 2 is 1.85 bits per heavy atom. The zero-order chi connectivity index (χ0) is 20.0. The number of benzene rings is 2. The predicted molar refractivity (Wildman–Crippen MR) is 109 cm³/mol. The predicted octanol–water partition coefficient (Wildman–Crippen LogP) is 4.80. The van der Waals surface area contributed by atoms with Crippen LogP contribution in [0.15, 0.2) is 36.4 Å². The Labute approximate surface area is 169 Å². The van der Waals surface area contributed by atoms with Crippen molar-refractivity contribution in [2.45, 2.75) is 19.8 Å². The second-order valence-corrected chi connectivity index (χ2v) is 7.15. The lowest BCUT2D eigenvalue weighted by Crippen LogP contribution is -2.22. The van der Waals surface area contributed by atoms with Crippen molar-refractivity contribution in [1.29, 1.82) is 0 Å². The van der Waals surface area contributed by atoms with E-state index in [2.05, 4.69) is 5.32 Å². The van der Waals surface area contributed by atoms with Crippen LogP contribution in [-0.2, 0) is 4.79 Å². The molecule has 2 aromatic carbocycles. The number of ether oxygens (including phenoxy) is 1. The molecule has 0 heterocycles. The van der Waals surface area contributed by atoms with E-state index in [1.165, 1.54) is 4.90 Å². The third-order valence-electron chi connectivity index (χ3n) is 3.83. The minimum atomic E-state index is -0.187. The molecule has 5 nitrogen and oxygen atoms in total. The Kier molecular flexibility index (Phi) is 7.51. The zero-order valence-electron chi connectivity index (χ0n) is 15.5. The first-order valence-electron chi connectivity index (χ1n) is 8.48. The fraction of sp³-hybridized carbons (Fsp3) is 0.300. The van der Waals surface area contributed by atoms with Gasteiger partial charge in [0.15, 0.2) is 0 Å². The van der Waals surface area contributed by atoms with Gasteiger partial charge in [0.1, 0.15) is 5.75 Å². The number of anilines is 1. The molecular formula is C20H22Cl2N2O3. The first-order valence-corrected chi connectivity index (χ1v) is 9.23. The molecule has 0 saturated heterocycles. The van der Waals surface area contributed by atoms with Gasteiger partial charge in [0.25, 0.3) is 5.91 Å². The number of hydrogen-bond acceptors (Lipinski definition) is 3. The van der Waals surface area contributed by atoms with Crippen molar-refractivity contribution in [3.8, 4) is 5.75 Å². The molecule has 27 heavy (non-hydrogen) atoms. The molecule has 2 rings (SSSR count). The summed E-state index contributed by atoms with van der Waals surface area (Å²) >= 11 is 12.1. The van der Waals surface area contributed by atoms with Gasteiger partial charge in [-0.2, -0.15) is 0 Å². The Bertz CT molecular complexity index is 838. The van der Waals surface area contributed by atoms with Crippen LogP contribution >= 0.6 is 23.2 Å². The van der Waals surface area contributed by atoms with Gasteiger partial charge in [-0.25, -0.2) is 0 Å². The van der Waals surface area contributed by atoms with Gasteiger partial charge in [0, 0.05) is 31.2 Å². The lowest BCUT2D eigenvalue weighted by molar-refractivity contribution is -0.116. The van der Waals surface area contributed by atoms with Crippen LogP contribution < -0.4 is 10.1 Å². The van der Waals surface area contributed by atoms with Crippen molar-refractivity contribution >= 4 is 40.7 Å². The first kappa shape index (κ1) is 21.1. The number of nitrogens with one attached hydrogen (secondary N) is 1. The van der Waals surface area contributed by atoms with E-state index in [1.54, 1.807) is 38.4 Å². The second-order valence-electron chi connectivity index (χ2n) is 6.30. The topological polar surface area (TPSA) is 58.6 Å². The van der Waals surface area contributed by atoms with Gasteiger partial charge in [0.05, 0.1) is 17.2 Å². The molecule has 0 aliphatic heterocycles. The number of nitrogens with zero attached hydrogens (tertiary/aromatic N) is 1. The van der Waals surface area contributed by atoms with E-state index in [0.29, 0.717) is 40.7 Å². The van der Waals surface area contributed by atoms with E-state index in [-0.39, 0.29) is 11.8 Å². The molecule has 0 atom stereocenters. The molecule has 7 heteroatoms. The first-order chi connectivity index (χ1) is 12.8. The SMILES string of the molecule is Cc1cc(Cl)ccc1OCCCC(=O)Nc1ccc(C(=O)N(C)C)c(Cl)c1. The molecule has 0 unspecified atom stereocenters. The fourth-order valence-corrected chi connectivity index (χ4v) is 2.91. The Balaban J connectivity index is 1.82. The Morgan fingerprint density at radius 3 is 2.48 bits per heavy atom. The van der Waals surface area contributed by atoms with Gasteiger partial charge in [-0.1, -0.05) is 23.2 Å². The van der Waals surface area contributed by atoms with Crippen LogP contribution in [0.5, 0.6) is 5.75 Å². The summed E-state index contributed by atoms with van der Waals surface area (Å²) in [5.74, 6) is 0.425. The van der Waals surface area contributed by atoms with E-state index in [9.17, 15) is 9.59 Å². The molecule has 0 aliphatic rings. The van der Waals surface area contributed by atoms with E-state index in [0.717, 1.165) is 11.3 Å². The lowest BCUT2D eigenvalue weighted by atomic mass is 10.1. The van der Waals surface area contributed by atoms with Crippen molar-refractivity contribution in [2.24, 2.45) is 0 Å². The van der Waals surface area contributed by atoms with Crippen molar-refractivity contribution < 1.29 is 14.3 Å². The van der Waals surface area contributed by atoms with Gasteiger partial charge in [-0.15, -0.1) is 0 Å². The molecule has 0 bridgehead atoms. The zero-order valence-corrected chi connectivity index (χ0v) is 17.0. The number of aryl methyl sites for hydroxylation is 1. The molecule has 144 valence electrons. The molecule has 0 saturated carbocycles. The van der Waals surface area contributed by atoms with Crippen LogP contribution in [0.25, 0.3) is 0 Å². The summed E-state index contributed by atoms with van der Waals surface area (Å²) in [4.78, 5) is 25.5. The van der Waals surface area contributed by atoms with Crippen molar-refractivity contribution in [3.63, 3.8) is 0 Å². The highest BCUT2D eigenvalue weighted by Gasteiger charge is 2.13. The number of carbonyl (C=O) groups is 2. The third kappa shape index (κ3) is 6.15. The maximum absolute atomic E-state index is 12.1. The minimum Gasteiger partial charge on any atom is -0.493 e. The molecular weight excluding hydrogens is 387 g/mol. The van der Waals surface area contributed by atoms with Crippen LogP contribution in [-0.4, -0.2) is 37.4 Å². The largest absolute Gasteiger partial charge is 0.493 e. The van der Waals surface area contributed by atoms with Crippen LogP contribution in [0.3, 0.4) is 0 Å². The maximum atomic E-state index is 12.1. The molecule has 0 fully saturated rings. The summed E-state index contributed by atoms with van der Waals surface area (Å²) in [6.07, 6.45) is 0.876. The van der Waals surface area contributed by atoms with Gasteiger partial charge in [-0.3, -0.25) is 9.59 Å². The number of rotatable bonds is 7. The van der Waals surface area contributed by atoms with Crippen LogP contribution in [0.2, 0.25) is 10.0 Å². The maximum Gasteiger partial charge on any atom is 0.254 e. The number of carbonyl (C=O) groups excluding carboxylic acids is 2. The van der Waals surface area contributed by atoms with Crippen LogP contribution in [0.4, 0.5) is 5.69 Å². The summed E-state index contributed by atoms with van der Waals surface area (Å²) in [6.45, 7) is 2.34. The fourth-order valence-electron chi connectivity index (χ4n) is 2.42. The normalized spacial score (nSPS) is 10.4. The number of hydrogen-bond donors (Lipinski definition) is 1. The summed E-state index contributed by atoms with van der Waals surface area (Å²) < 4.78 is 5.67. The average molecular weight is 409 g/mol. The third-order valence-corrected chi connectivity index (χ3v) is 4.38. The van der Waals surface area contributed by atoms with Gasteiger partial charge < -0.3 is 15.0 Å². The van der Waals surface area contributed by atoms with Crippen LogP contribution in [0.1, 0.15) is 28.8 Å². The molecule has 2 aromatic rings. The number of halogens is 2. The highest BCUT2D eigenvalue weighted by molar-refractivity contribution is 6.34. The number of amides is 2. The second kappa shape index (κ2) is 9.62. The minimum absolute atomic E-state index is 0.144. The van der Waals surface area contributed by atoms with Gasteiger partial charge >= 0.3 is 0 Å². The van der Waals surface area contributed by atoms with E-state index in [1.807, 2.05) is 19.1 Å². The van der Waals surface area contributed by atoms with Crippen molar-refractivity contribution in [2.75, 3.05) is 26.0 Å². The summed E-state index contributed by atoms with van der Waals surface area (Å²) in [5, 5.41) is 3.74. The smallest absolute Gasteiger partial charge is 0.254 e. The monoisotopic (exact) mass is 408 g/mol. The molecule has 0 aromatic heterocycles. The molecule has 1 N–H and O–H groups in total. The highest BCUT2D eigenvalue weighted by Crippen LogP contribution is 2.23. The standard InChI is InChI=1S/C20H22Cl2N2O3/c1-13-11-14(21)6-9-18(13)27-10-4-5-19(25)23-15-7-8-16(17(22)12-15)20(26)24(2)3/h6-9,11-12H,4-5,10H2,1-3H3,(H,23,25). The Hall–Kier alpha value is -2.24. The van der Waals surface area contributed by atoms with Gasteiger partial charge in [0.2, 0.25) is 5.91 Å². The van der Waals surface area contributed by atoms with E-state index >= 15 is 0 Å². The summed E-state index contributed by atoms with van der Waals surface area (Å²) in [7, 11) is 3.31. The molecule has 0 aliphatic carbocycles. The van der Waals surface area contributed by atoms with Crippen molar-refractivity contribution in [3.05, 3.63) is 57.6 Å². The average Bonchev–Trinajstić information content (AvgIpc) is 2.59.